The molecule has 0 radical (unpaired) electrons. The molecule has 1 fully saturated rings. The van der Waals surface area contributed by atoms with Crippen LogP contribution in [0.25, 0.3) is 0 Å². The van der Waals surface area contributed by atoms with Gasteiger partial charge in [-0.05, 0) is 38.0 Å². The van der Waals surface area contributed by atoms with Gasteiger partial charge in [-0.3, -0.25) is 4.79 Å². The molecule has 4 nitrogen and oxygen atoms in total. The molecule has 0 amide bonds. The van der Waals surface area contributed by atoms with Crippen molar-refractivity contribution in [3.05, 3.63) is 29.8 Å². The minimum atomic E-state index is -3.84. The molecule has 1 aliphatic heterocycles. The maximum Gasteiger partial charge on any atom is 0.243 e. The number of sulfonamides is 1. The van der Waals surface area contributed by atoms with E-state index in [9.17, 15) is 22.0 Å². The fourth-order valence-corrected chi connectivity index (χ4v) is 3.77. The summed E-state index contributed by atoms with van der Waals surface area (Å²) in [5.74, 6) is -2.34. The Morgan fingerprint density at radius 1 is 1.20 bits per heavy atom. The number of carbonyl (C=O) groups excluding carboxylic acids is 1. The van der Waals surface area contributed by atoms with E-state index >= 15 is 0 Å². The lowest BCUT2D eigenvalue weighted by Crippen LogP contribution is -2.39. The van der Waals surface area contributed by atoms with Crippen LogP contribution < -0.4 is 0 Å². The number of piperidine rings is 1. The molecule has 1 aromatic carbocycles. The zero-order valence-electron chi connectivity index (χ0n) is 11.0. The average molecular weight is 303 g/mol. The van der Waals surface area contributed by atoms with Gasteiger partial charge < -0.3 is 0 Å². The van der Waals surface area contributed by atoms with E-state index in [2.05, 4.69) is 0 Å². The van der Waals surface area contributed by atoms with E-state index in [0.29, 0.717) is 18.9 Å². The first-order valence-corrected chi connectivity index (χ1v) is 7.72. The van der Waals surface area contributed by atoms with Gasteiger partial charge in [-0.1, -0.05) is 0 Å². The van der Waals surface area contributed by atoms with Gasteiger partial charge in [0.1, 0.15) is 5.78 Å². The number of benzene rings is 1. The Bertz CT molecular complexity index is 623. The molecule has 0 atom stereocenters. The third-order valence-corrected chi connectivity index (χ3v) is 5.45. The molecule has 0 unspecified atom stereocenters. The van der Waals surface area contributed by atoms with Crippen molar-refractivity contribution in [1.29, 1.82) is 0 Å². The number of Topliss-reactive ketones (excluding diaryl/α,β-unsaturated/α-hetero) is 1. The van der Waals surface area contributed by atoms with Crippen LogP contribution in [0.4, 0.5) is 8.78 Å². The number of hydrogen-bond donors (Lipinski definition) is 0. The van der Waals surface area contributed by atoms with Crippen LogP contribution in [0.15, 0.2) is 23.1 Å². The molecular formula is C13H15F2NO3S. The van der Waals surface area contributed by atoms with Crippen LogP contribution in [0.5, 0.6) is 0 Å². The monoisotopic (exact) mass is 303 g/mol. The standard InChI is InChI=1S/C13H15F2NO3S/c1-9(17)10-4-6-16(7-5-10)20(18,19)11-2-3-12(14)13(15)8-11/h2-3,8,10H,4-7H2,1H3. The molecule has 1 heterocycles. The summed E-state index contributed by atoms with van der Waals surface area (Å²) in [7, 11) is -3.84. The predicted octanol–water partition coefficient (Wildman–Crippen LogP) is 1.95. The summed E-state index contributed by atoms with van der Waals surface area (Å²) in [6.07, 6.45) is 0.913. The van der Waals surface area contributed by atoms with Crippen LogP contribution in [-0.4, -0.2) is 31.6 Å². The van der Waals surface area contributed by atoms with Gasteiger partial charge in [0.2, 0.25) is 10.0 Å². The Kier molecular flexibility index (Phi) is 4.19. The Labute approximate surface area is 116 Å². The molecule has 0 aromatic heterocycles. The van der Waals surface area contributed by atoms with Crippen LogP contribution in [-0.2, 0) is 14.8 Å². The molecule has 20 heavy (non-hydrogen) atoms. The lowest BCUT2D eigenvalue weighted by atomic mass is 9.95. The van der Waals surface area contributed by atoms with Gasteiger partial charge in [0.25, 0.3) is 0 Å². The second kappa shape index (κ2) is 5.57. The topological polar surface area (TPSA) is 54.5 Å². The second-order valence-electron chi connectivity index (χ2n) is 4.86. The van der Waals surface area contributed by atoms with E-state index in [1.165, 1.54) is 11.2 Å². The van der Waals surface area contributed by atoms with Gasteiger partial charge in [0.05, 0.1) is 4.90 Å². The highest BCUT2D eigenvalue weighted by Crippen LogP contribution is 2.25. The summed E-state index contributed by atoms with van der Waals surface area (Å²) in [6.45, 7) is 1.92. The van der Waals surface area contributed by atoms with Gasteiger partial charge in [-0.2, -0.15) is 4.31 Å². The minimum Gasteiger partial charge on any atom is -0.300 e. The van der Waals surface area contributed by atoms with Crippen molar-refractivity contribution in [2.45, 2.75) is 24.7 Å². The van der Waals surface area contributed by atoms with Crippen LogP contribution in [0.2, 0.25) is 0 Å². The minimum absolute atomic E-state index is 0.0508. The average Bonchev–Trinajstić information content (AvgIpc) is 2.41. The number of nitrogens with zero attached hydrogens (tertiary/aromatic N) is 1. The molecule has 0 saturated carbocycles. The zero-order chi connectivity index (χ0) is 14.9. The summed E-state index contributed by atoms with van der Waals surface area (Å²) in [4.78, 5) is 11.0. The highest BCUT2D eigenvalue weighted by molar-refractivity contribution is 7.89. The van der Waals surface area contributed by atoms with Crippen LogP contribution in [0.3, 0.4) is 0 Å². The first kappa shape index (κ1) is 15.1. The van der Waals surface area contributed by atoms with Gasteiger partial charge in [0.15, 0.2) is 11.6 Å². The lowest BCUT2D eigenvalue weighted by Gasteiger charge is -2.30. The summed E-state index contributed by atoms with van der Waals surface area (Å²) in [5, 5.41) is 0. The fourth-order valence-electron chi connectivity index (χ4n) is 2.29. The second-order valence-corrected chi connectivity index (χ2v) is 6.80. The van der Waals surface area contributed by atoms with E-state index in [4.69, 9.17) is 0 Å². The number of carbonyl (C=O) groups is 1. The normalized spacial score (nSPS) is 18.1. The molecule has 0 spiro atoms. The fraction of sp³-hybridized carbons (Fsp3) is 0.462. The quantitative estimate of drug-likeness (QED) is 0.857. The molecule has 1 aliphatic rings. The van der Waals surface area contributed by atoms with Gasteiger partial charge in [0, 0.05) is 19.0 Å². The van der Waals surface area contributed by atoms with Crippen molar-refractivity contribution < 1.29 is 22.0 Å². The number of halogens is 2. The number of ketones is 1. The first-order valence-electron chi connectivity index (χ1n) is 6.28. The van der Waals surface area contributed by atoms with E-state index in [1.54, 1.807) is 0 Å². The van der Waals surface area contributed by atoms with Crippen LogP contribution >= 0.6 is 0 Å². The number of hydrogen-bond acceptors (Lipinski definition) is 3. The molecule has 0 bridgehead atoms. The molecule has 1 aromatic rings. The van der Waals surface area contributed by atoms with Crippen LogP contribution in [0, 0.1) is 17.6 Å². The van der Waals surface area contributed by atoms with Crippen molar-refractivity contribution in [2.24, 2.45) is 5.92 Å². The summed E-state index contributed by atoms with van der Waals surface area (Å²) >= 11 is 0. The molecular weight excluding hydrogens is 288 g/mol. The highest BCUT2D eigenvalue weighted by Gasteiger charge is 2.31. The molecule has 0 N–H and O–H groups in total. The van der Waals surface area contributed by atoms with Gasteiger partial charge in [-0.15, -0.1) is 0 Å². The van der Waals surface area contributed by atoms with E-state index in [-0.39, 0.29) is 29.7 Å². The Morgan fingerprint density at radius 3 is 2.30 bits per heavy atom. The van der Waals surface area contributed by atoms with Crippen molar-refractivity contribution in [3.63, 3.8) is 0 Å². The van der Waals surface area contributed by atoms with E-state index in [0.717, 1.165) is 12.1 Å². The van der Waals surface area contributed by atoms with E-state index < -0.39 is 21.7 Å². The first-order chi connectivity index (χ1) is 9.32. The van der Waals surface area contributed by atoms with Gasteiger partial charge >= 0.3 is 0 Å². The third-order valence-electron chi connectivity index (χ3n) is 3.56. The van der Waals surface area contributed by atoms with Crippen molar-refractivity contribution in [3.8, 4) is 0 Å². The van der Waals surface area contributed by atoms with Crippen molar-refractivity contribution in [1.82, 2.24) is 4.31 Å². The summed E-state index contributed by atoms with van der Waals surface area (Å²) < 4.78 is 51.8. The molecule has 0 aliphatic carbocycles. The van der Waals surface area contributed by atoms with E-state index in [1.807, 2.05) is 0 Å². The summed E-state index contributed by atoms with van der Waals surface area (Å²) in [6, 6.07) is 2.52. The maximum atomic E-state index is 13.1. The van der Waals surface area contributed by atoms with Crippen molar-refractivity contribution >= 4 is 15.8 Å². The predicted molar refractivity (Wildman–Crippen MR) is 68.5 cm³/mol. The smallest absolute Gasteiger partial charge is 0.243 e. The zero-order valence-corrected chi connectivity index (χ0v) is 11.8. The number of rotatable bonds is 3. The van der Waals surface area contributed by atoms with Crippen molar-refractivity contribution in [2.75, 3.05) is 13.1 Å². The molecule has 1 saturated heterocycles. The molecule has 110 valence electrons. The largest absolute Gasteiger partial charge is 0.300 e. The van der Waals surface area contributed by atoms with Gasteiger partial charge in [-0.25, -0.2) is 17.2 Å². The highest BCUT2D eigenvalue weighted by atomic mass is 32.2. The van der Waals surface area contributed by atoms with Crippen LogP contribution in [0.1, 0.15) is 19.8 Å². The SMILES string of the molecule is CC(=O)C1CCN(S(=O)(=O)c2ccc(F)c(F)c2)CC1. The third kappa shape index (κ3) is 2.88. The lowest BCUT2D eigenvalue weighted by molar-refractivity contribution is -0.121. The Balaban J connectivity index is 2.19. The maximum absolute atomic E-state index is 13.1. The molecule has 7 heteroatoms. The Hall–Kier alpha value is -1.34. The summed E-state index contributed by atoms with van der Waals surface area (Å²) in [5.41, 5.74) is 0. The Morgan fingerprint density at radius 2 is 1.80 bits per heavy atom. The molecule has 2 rings (SSSR count).